The Morgan fingerprint density at radius 2 is 2.05 bits per heavy atom. The molecule has 3 rings (SSSR count). The minimum Gasteiger partial charge on any atom is -0.384 e. The first-order chi connectivity index (χ1) is 9.26. The Labute approximate surface area is 113 Å². The Kier molecular flexibility index (Phi) is 3.20. The molecular formula is C16H19N3. The summed E-state index contributed by atoms with van der Waals surface area (Å²) in [5.74, 6) is 2.02. The number of aromatic nitrogens is 2. The Hall–Kier alpha value is -1.90. The highest BCUT2D eigenvalue weighted by molar-refractivity contribution is 5.62. The summed E-state index contributed by atoms with van der Waals surface area (Å²) >= 11 is 0. The van der Waals surface area contributed by atoms with E-state index in [4.69, 9.17) is 5.73 Å². The van der Waals surface area contributed by atoms with E-state index in [9.17, 15) is 0 Å². The topological polar surface area (TPSA) is 51.8 Å². The quantitative estimate of drug-likeness (QED) is 0.906. The SMILES string of the molecule is CCCc1cccc(-c2cc(N)nc(C3CC3)n2)c1. The Bertz CT molecular complexity index is 588. The zero-order valence-corrected chi connectivity index (χ0v) is 11.3. The highest BCUT2D eigenvalue weighted by atomic mass is 15.0. The van der Waals surface area contributed by atoms with Gasteiger partial charge in [0.1, 0.15) is 11.6 Å². The molecule has 2 N–H and O–H groups in total. The van der Waals surface area contributed by atoms with E-state index in [-0.39, 0.29) is 0 Å². The molecule has 1 aliphatic rings. The van der Waals surface area contributed by atoms with Gasteiger partial charge in [-0.3, -0.25) is 0 Å². The van der Waals surface area contributed by atoms with E-state index < -0.39 is 0 Å². The van der Waals surface area contributed by atoms with Crippen LogP contribution in [0.25, 0.3) is 11.3 Å². The summed E-state index contributed by atoms with van der Waals surface area (Å²) in [6.45, 7) is 2.19. The minimum atomic E-state index is 0.529. The summed E-state index contributed by atoms with van der Waals surface area (Å²) < 4.78 is 0. The third-order valence-electron chi connectivity index (χ3n) is 3.47. The monoisotopic (exact) mass is 253 g/mol. The number of hydrogen-bond acceptors (Lipinski definition) is 3. The zero-order valence-electron chi connectivity index (χ0n) is 11.3. The number of aryl methyl sites for hydroxylation is 1. The van der Waals surface area contributed by atoms with E-state index in [1.807, 2.05) is 6.07 Å². The van der Waals surface area contributed by atoms with Crippen LogP contribution in [0, 0.1) is 0 Å². The molecule has 1 saturated carbocycles. The van der Waals surface area contributed by atoms with Gasteiger partial charge in [0.05, 0.1) is 5.69 Å². The van der Waals surface area contributed by atoms with Crippen molar-refractivity contribution in [3.8, 4) is 11.3 Å². The molecule has 19 heavy (non-hydrogen) atoms. The summed E-state index contributed by atoms with van der Waals surface area (Å²) in [7, 11) is 0. The second-order valence-corrected chi connectivity index (χ2v) is 5.26. The number of benzene rings is 1. The van der Waals surface area contributed by atoms with Crippen molar-refractivity contribution in [2.24, 2.45) is 0 Å². The molecule has 1 aliphatic carbocycles. The van der Waals surface area contributed by atoms with Gasteiger partial charge in [0.15, 0.2) is 0 Å². The highest BCUT2D eigenvalue weighted by Gasteiger charge is 2.27. The number of rotatable bonds is 4. The van der Waals surface area contributed by atoms with Gasteiger partial charge in [-0.2, -0.15) is 0 Å². The van der Waals surface area contributed by atoms with Gasteiger partial charge in [-0.05, 0) is 30.9 Å². The van der Waals surface area contributed by atoms with Gasteiger partial charge < -0.3 is 5.73 Å². The van der Waals surface area contributed by atoms with Gasteiger partial charge in [0.2, 0.25) is 0 Å². The largest absolute Gasteiger partial charge is 0.384 e. The maximum atomic E-state index is 5.91. The molecular weight excluding hydrogens is 234 g/mol. The Balaban J connectivity index is 1.98. The van der Waals surface area contributed by atoms with Crippen LogP contribution in [0.4, 0.5) is 5.82 Å². The molecule has 1 fully saturated rings. The Morgan fingerprint density at radius 3 is 2.79 bits per heavy atom. The molecule has 3 heteroatoms. The predicted molar refractivity (Wildman–Crippen MR) is 77.9 cm³/mol. The normalized spacial score (nSPS) is 14.6. The summed E-state index contributed by atoms with van der Waals surface area (Å²) in [6.07, 6.45) is 4.64. The molecule has 3 nitrogen and oxygen atoms in total. The van der Waals surface area contributed by atoms with Crippen LogP contribution in [0.3, 0.4) is 0 Å². The first kappa shape index (κ1) is 12.2. The van der Waals surface area contributed by atoms with Crippen LogP contribution in [-0.4, -0.2) is 9.97 Å². The molecule has 0 spiro atoms. The molecule has 0 atom stereocenters. The number of anilines is 1. The lowest BCUT2D eigenvalue weighted by atomic mass is 10.0. The van der Waals surface area contributed by atoms with Crippen molar-refractivity contribution in [1.82, 2.24) is 9.97 Å². The average molecular weight is 253 g/mol. The second kappa shape index (κ2) is 5.00. The van der Waals surface area contributed by atoms with Gasteiger partial charge >= 0.3 is 0 Å². The molecule has 1 aromatic heterocycles. The van der Waals surface area contributed by atoms with Crippen LogP contribution in [0.5, 0.6) is 0 Å². The standard InChI is InChI=1S/C16H19N3/c1-2-4-11-5-3-6-13(9-11)14-10-15(17)19-16(18-14)12-7-8-12/h3,5-6,9-10,12H,2,4,7-8H2,1H3,(H2,17,18,19). The average Bonchev–Trinajstić information content (AvgIpc) is 3.23. The fourth-order valence-electron chi connectivity index (χ4n) is 2.33. The zero-order chi connectivity index (χ0) is 13.2. The van der Waals surface area contributed by atoms with Gasteiger partial charge in [-0.15, -0.1) is 0 Å². The van der Waals surface area contributed by atoms with Crippen LogP contribution in [0.15, 0.2) is 30.3 Å². The molecule has 2 aromatic rings. The van der Waals surface area contributed by atoms with Crippen molar-refractivity contribution in [2.45, 2.75) is 38.5 Å². The molecule has 0 unspecified atom stereocenters. The van der Waals surface area contributed by atoms with Crippen LogP contribution in [0.2, 0.25) is 0 Å². The van der Waals surface area contributed by atoms with Gasteiger partial charge in [-0.1, -0.05) is 31.5 Å². The summed E-state index contributed by atoms with van der Waals surface area (Å²) in [4.78, 5) is 9.02. The van der Waals surface area contributed by atoms with Crippen molar-refractivity contribution < 1.29 is 0 Å². The molecule has 1 heterocycles. The molecule has 98 valence electrons. The lowest BCUT2D eigenvalue weighted by Crippen LogP contribution is -2.00. The van der Waals surface area contributed by atoms with Gasteiger partial charge in [0.25, 0.3) is 0 Å². The van der Waals surface area contributed by atoms with Crippen LogP contribution >= 0.6 is 0 Å². The molecule has 0 bridgehead atoms. The van der Waals surface area contributed by atoms with E-state index >= 15 is 0 Å². The summed E-state index contributed by atoms with van der Waals surface area (Å²) in [5, 5.41) is 0. The number of nitrogen functional groups attached to an aromatic ring is 1. The minimum absolute atomic E-state index is 0.529. The van der Waals surface area contributed by atoms with Crippen molar-refractivity contribution in [3.05, 3.63) is 41.7 Å². The van der Waals surface area contributed by atoms with E-state index in [1.54, 1.807) is 0 Å². The van der Waals surface area contributed by atoms with Crippen molar-refractivity contribution in [3.63, 3.8) is 0 Å². The van der Waals surface area contributed by atoms with Crippen molar-refractivity contribution in [1.29, 1.82) is 0 Å². The summed E-state index contributed by atoms with van der Waals surface area (Å²) in [6, 6.07) is 10.4. The third-order valence-corrected chi connectivity index (χ3v) is 3.47. The Morgan fingerprint density at radius 1 is 1.21 bits per heavy atom. The number of nitrogens with zero attached hydrogens (tertiary/aromatic N) is 2. The van der Waals surface area contributed by atoms with Crippen LogP contribution < -0.4 is 5.73 Å². The fraction of sp³-hybridized carbons (Fsp3) is 0.375. The van der Waals surface area contributed by atoms with Gasteiger partial charge in [-0.25, -0.2) is 9.97 Å². The number of hydrogen-bond donors (Lipinski definition) is 1. The van der Waals surface area contributed by atoms with E-state index in [1.165, 1.54) is 18.4 Å². The third kappa shape index (κ3) is 2.75. The lowest BCUT2D eigenvalue weighted by Gasteiger charge is -2.07. The van der Waals surface area contributed by atoms with E-state index in [0.29, 0.717) is 11.7 Å². The highest BCUT2D eigenvalue weighted by Crippen LogP contribution is 2.39. The van der Waals surface area contributed by atoms with Crippen molar-refractivity contribution in [2.75, 3.05) is 5.73 Å². The first-order valence-electron chi connectivity index (χ1n) is 7.00. The fourth-order valence-corrected chi connectivity index (χ4v) is 2.33. The van der Waals surface area contributed by atoms with E-state index in [2.05, 4.69) is 41.2 Å². The van der Waals surface area contributed by atoms with Crippen molar-refractivity contribution >= 4 is 5.82 Å². The predicted octanol–water partition coefficient (Wildman–Crippen LogP) is 3.56. The molecule has 0 radical (unpaired) electrons. The first-order valence-corrected chi connectivity index (χ1v) is 7.00. The smallest absolute Gasteiger partial charge is 0.134 e. The molecule has 1 aromatic carbocycles. The maximum absolute atomic E-state index is 5.91. The number of nitrogens with two attached hydrogens (primary N) is 1. The molecule has 0 saturated heterocycles. The molecule has 0 amide bonds. The van der Waals surface area contributed by atoms with Gasteiger partial charge in [0, 0.05) is 17.5 Å². The van der Waals surface area contributed by atoms with Crippen LogP contribution in [-0.2, 0) is 6.42 Å². The van der Waals surface area contributed by atoms with Crippen LogP contribution in [0.1, 0.15) is 43.5 Å². The van der Waals surface area contributed by atoms with E-state index in [0.717, 1.165) is 29.9 Å². The second-order valence-electron chi connectivity index (χ2n) is 5.26. The summed E-state index contributed by atoms with van der Waals surface area (Å²) in [5.41, 5.74) is 9.35. The maximum Gasteiger partial charge on any atom is 0.134 e. The molecule has 0 aliphatic heterocycles. The lowest BCUT2D eigenvalue weighted by molar-refractivity contribution is 0.920.